The lowest BCUT2D eigenvalue weighted by Crippen LogP contribution is -2.41. The summed E-state index contributed by atoms with van der Waals surface area (Å²) in [4.78, 5) is 10.9. The molecule has 0 atom stereocenters. The van der Waals surface area contributed by atoms with E-state index in [0.717, 1.165) is 44.2 Å². The second-order valence-corrected chi connectivity index (χ2v) is 6.78. The molecule has 0 amide bonds. The Balaban J connectivity index is 1.68. The Morgan fingerprint density at radius 1 is 1.21 bits per heavy atom. The van der Waals surface area contributed by atoms with Crippen LogP contribution in [0.5, 0.6) is 0 Å². The van der Waals surface area contributed by atoms with Crippen LogP contribution in [0.2, 0.25) is 5.02 Å². The van der Waals surface area contributed by atoms with Gasteiger partial charge in [-0.1, -0.05) is 16.8 Å². The minimum Gasteiger partial charge on any atom is -0.385 e. The van der Waals surface area contributed by atoms with Gasteiger partial charge in [-0.05, 0) is 37.7 Å². The van der Waals surface area contributed by atoms with Crippen LogP contribution in [0.3, 0.4) is 0 Å². The van der Waals surface area contributed by atoms with Crippen molar-refractivity contribution in [3.63, 3.8) is 0 Å². The van der Waals surface area contributed by atoms with Crippen LogP contribution in [0.4, 0.5) is 0 Å². The van der Waals surface area contributed by atoms with E-state index in [1.165, 1.54) is 0 Å². The van der Waals surface area contributed by atoms with Gasteiger partial charge in [0.15, 0.2) is 5.96 Å². The first kappa shape index (κ1) is 22.1. The molecule has 0 aliphatic carbocycles. The summed E-state index contributed by atoms with van der Waals surface area (Å²) in [5.41, 5.74) is 0.874. The number of aliphatic imine (C=N–C) groups is 1. The number of likely N-dealkylation sites (N-methyl/N-ethyl adjacent to an activating group) is 1. The summed E-state index contributed by atoms with van der Waals surface area (Å²) in [6, 6.07) is 7.35. The quantitative estimate of drug-likeness (QED) is 0.334. The molecular weight excluding hydrogens is 380 g/mol. The van der Waals surface area contributed by atoms with Crippen molar-refractivity contribution in [1.29, 1.82) is 0 Å². The summed E-state index contributed by atoms with van der Waals surface area (Å²) >= 11 is 5.90. The number of hydrogen-bond donors (Lipinski definition) is 2. The highest BCUT2D eigenvalue weighted by Crippen LogP contribution is 2.18. The highest BCUT2D eigenvalue weighted by Gasteiger charge is 2.09. The van der Waals surface area contributed by atoms with Crippen LogP contribution in [0.15, 0.2) is 33.8 Å². The Morgan fingerprint density at radius 2 is 1.96 bits per heavy atom. The number of aromatic nitrogens is 2. The molecule has 9 heteroatoms. The van der Waals surface area contributed by atoms with Gasteiger partial charge in [-0.2, -0.15) is 4.98 Å². The maximum absolute atomic E-state index is 5.90. The molecule has 0 saturated carbocycles. The molecule has 0 bridgehead atoms. The predicted molar refractivity (Wildman–Crippen MR) is 112 cm³/mol. The lowest BCUT2D eigenvalue weighted by molar-refractivity contribution is 0.180. The third-order valence-corrected chi connectivity index (χ3v) is 4.35. The fourth-order valence-electron chi connectivity index (χ4n) is 2.54. The first-order valence-electron chi connectivity index (χ1n) is 9.33. The van der Waals surface area contributed by atoms with Crippen molar-refractivity contribution < 1.29 is 9.26 Å². The van der Waals surface area contributed by atoms with Crippen molar-refractivity contribution in [3.05, 3.63) is 35.2 Å². The van der Waals surface area contributed by atoms with Gasteiger partial charge in [-0.15, -0.1) is 0 Å². The normalized spacial score (nSPS) is 11.8. The standard InChI is InChI=1S/C19H29ClN6O2/c1-21-19(23-11-13-26(2)12-4-14-27-3)22-10-9-17-24-18(25-28-17)15-5-7-16(20)8-6-15/h5-8H,4,9-14H2,1-3H3,(H2,21,22,23). The molecule has 0 aliphatic rings. The summed E-state index contributed by atoms with van der Waals surface area (Å²) < 4.78 is 10.4. The van der Waals surface area contributed by atoms with Crippen LogP contribution in [0.1, 0.15) is 12.3 Å². The Labute approximate surface area is 171 Å². The maximum atomic E-state index is 5.90. The minimum atomic E-state index is 0.561. The SMILES string of the molecule is CN=C(NCCc1nc(-c2ccc(Cl)cc2)no1)NCCN(C)CCCOC. The highest BCUT2D eigenvalue weighted by molar-refractivity contribution is 6.30. The maximum Gasteiger partial charge on any atom is 0.228 e. The summed E-state index contributed by atoms with van der Waals surface area (Å²) in [7, 11) is 5.58. The topological polar surface area (TPSA) is 87.8 Å². The minimum absolute atomic E-state index is 0.561. The third kappa shape index (κ3) is 7.84. The fraction of sp³-hybridized carbons (Fsp3) is 0.526. The van der Waals surface area contributed by atoms with E-state index < -0.39 is 0 Å². The lowest BCUT2D eigenvalue weighted by Gasteiger charge is -2.18. The largest absolute Gasteiger partial charge is 0.385 e. The molecule has 0 unspecified atom stereocenters. The van der Waals surface area contributed by atoms with Crippen LogP contribution >= 0.6 is 11.6 Å². The second kappa shape index (κ2) is 12.3. The first-order chi connectivity index (χ1) is 13.6. The van der Waals surface area contributed by atoms with Crippen LogP contribution < -0.4 is 10.6 Å². The van der Waals surface area contributed by atoms with Crippen molar-refractivity contribution in [2.75, 3.05) is 54.0 Å². The summed E-state index contributed by atoms with van der Waals surface area (Å²) in [5, 5.41) is 11.2. The van der Waals surface area contributed by atoms with E-state index >= 15 is 0 Å². The van der Waals surface area contributed by atoms with Gasteiger partial charge in [-0.25, -0.2) is 0 Å². The molecule has 2 aromatic rings. The van der Waals surface area contributed by atoms with Crippen molar-refractivity contribution >= 4 is 17.6 Å². The van der Waals surface area contributed by atoms with Crippen molar-refractivity contribution in [2.24, 2.45) is 4.99 Å². The molecule has 2 N–H and O–H groups in total. The van der Waals surface area contributed by atoms with E-state index in [1.807, 2.05) is 12.1 Å². The van der Waals surface area contributed by atoms with Gasteiger partial charge in [-0.3, -0.25) is 4.99 Å². The van der Waals surface area contributed by atoms with Gasteiger partial charge in [0.1, 0.15) is 0 Å². The summed E-state index contributed by atoms with van der Waals surface area (Å²) in [5.74, 6) is 1.89. The van der Waals surface area contributed by atoms with E-state index in [1.54, 1.807) is 26.3 Å². The van der Waals surface area contributed by atoms with E-state index in [9.17, 15) is 0 Å². The van der Waals surface area contributed by atoms with Crippen molar-refractivity contribution in [2.45, 2.75) is 12.8 Å². The molecule has 0 radical (unpaired) electrons. The van der Waals surface area contributed by atoms with E-state index in [-0.39, 0.29) is 0 Å². The number of halogens is 1. The Morgan fingerprint density at radius 3 is 2.68 bits per heavy atom. The number of ether oxygens (including phenoxy) is 1. The number of guanidine groups is 1. The van der Waals surface area contributed by atoms with Gasteiger partial charge in [0.05, 0.1) is 0 Å². The Bertz CT molecular complexity index is 719. The fourth-order valence-corrected chi connectivity index (χ4v) is 2.66. The predicted octanol–water partition coefficient (Wildman–Crippen LogP) is 2.07. The molecule has 0 fully saturated rings. The van der Waals surface area contributed by atoms with Gasteiger partial charge < -0.3 is 24.8 Å². The zero-order valence-electron chi connectivity index (χ0n) is 16.7. The third-order valence-electron chi connectivity index (χ3n) is 4.10. The first-order valence-corrected chi connectivity index (χ1v) is 9.70. The van der Waals surface area contributed by atoms with Gasteiger partial charge in [0.2, 0.25) is 11.7 Å². The van der Waals surface area contributed by atoms with E-state index in [2.05, 4.69) is 37.7 Å². The monoisotopic (exact) mass is 408 g/mol. The molecule has 1 aromatic heterocycles. The van der Waals surface area contributed by atoms with Crippen molar-refractivity contribution in [1.82, 2.24) is 25.7 Å². The molecule has 8 nitrogen and oxygen atoms in total. The molecule has 0 aliphatic heterocycles. The number of rotatable bonds is 11. The highest BCUT2D eigenvalue weighted by atomic mass is 35.5. The molecule has 0 saturated heterocycles. The number of nitrogens with zero attached hydrogens (tertiary/aromatic N) is 4. The molecule has 28 heavy (non-hydrogen) atoms. The molecular formula is C19H29ClN6O2. The van der Waals surface area contributed by atoms with Crippen LogP contribution in [-0.4, -0.2) is 75.0 Å². The lowest BCUT2D eigenvalue weighted by atomic mass is 10.2. The number of nitrogens with one attached hydrogen (secondary N) is 2. The number of benzene rings is 1. The zero-order chi connectivity index (χ0) is 20.2. The van der Waals surface area contributed by atoms with E-state index in [0.29, 0.717) is 29.7 Å². The Kier molecular flexibility index (Phi) is 9.74. The Hall–Kier alpha value is -2.16. The summed E-state index contributed by atoms with van der Waals surface area (Å²) in [6.07, 6.45) is 1.64. The average molecular weight is 409 g/mol. The zero-order valence-corrected chi connectivity index (χ0v) is 17.5. The average Bonchev–Trinajstić information content (AvgIpc) is 3.16. The van der Waals surface area contributed by atoms with Gasteiger partial charge >= 0.3 is 0 Å². The van der Waals surface area contributed by atoms with Crippen LogP contribution in [0.25, 0.3) is 11.4 Å². The summed E-state index contributed by atoms with van der Waals surface area (Å²) in [6.45, 7) is 4.18. The molecule has 1 heterocycles. The second-order valence-electron chi connectivity index (χ2n) is 6.34. The smallest absolute Gasteiger partial charge is 0.228 e. The number of hydrogen-bond acceptors (Lipinski definition) is 6. The van der Waals surface area contributed by atoms with Gasteiger partial charge in [0.25, 0.3) is 0 Å². The van der Waals surface area contributed by atoms with E-state index in [4.69, 9.17) is 20.9 Å². The number of methoxy groups -OCH3 is 1. The van der Waals surface area contributed by atoms with Crippen LogP contribution in [-0.2, 0) is 11.2 Å². The molecule has 1 aromatic carbocycles. The van der Waals surface area contributed by atoms with Crippen molar-refractivity contribution in [3.8, 4) is 11.4 Å². The van der Waals surface area contributed by atoms with Gasteiger partial charge in [0, 0.05) is 64.0 Å². The molecule has 2 rings (SSSR count). The van der Waals surface area contributed by atoms with Crippen LogP contribution in [0, 0.1) is 0 Å². The molecule has 0 spiro atoms. The molecule has 154 valence electrons.